The van der Waals surface area contributed by atoms with E-state index in [1.807, 2.05) is 0 Å². The maximum absolute atomic E-state index is 12.5. The van der Waals surface area contributed by atoms with Gasteiger partial charge in [0.05, 0.1) is 5.56 Å². The van der Waals surface area contributed by atoms with E-state index in [-0.39, 0.29) is 17.8 Å². The molecule has 0 saturated carbocycles. The number of aromatic nitrogens is 2. The second-order valence-corrected chi connectivity index (χ2v) is 4.63. The second kappa shape index (κ2) is 5.55. The topological polar surface area (TPSA) is 68.0 Å². The lowest BCUT2D eigenvalue weighted by Gasteiger charge is -2.05. The van der Waals surface area contributed by atoms with E-state index in [9.17, 15) is 18.0 Å². The summed E-state index contributed by atoms with van der Waals surface area (Å²) in [6.45, 7) is 3.54. The number of hydrogen-bond acceptors (Lipinski definition) is 4. The molecule has 0 aliphatic carbocycles. The molecular weight excluding hydrogens is 287 g/mol. The summed E-state index contributed by atoms with van der Waals surface area (Å²) in [5, 5.41) is 6.15. The molecule has 8 heteroatoms. The average molecular weight is 299 g/mol. The number of alkyl halides is 3. The highest BCUT2D eigenvalue weighted by Crippen LogP contribution is 2.30. The normalized spacial score (nSPS) is 11.7. The third kappa shape index (κ3) is 3.59. The number of amides is 1. The van der Waals surface area contributed by atoms with E-state index < -0.39 is 17.6 Å². The van der Waals surface area contributed by atoms with Gasteiger partial charge < -0.3 is 9.84 Å². The van der Waals surface area contributed by atoms with Crippen molar-refractivity contribution >= 4 is 5.91 Å². The minimum absolute atomic E-state index is 0.0534. The Morgan fingerprint density at radius 1 is 1.24 bits per heavy atom. The number of nitrogens with zero attached hydrogens (tertiary/aromatic N) is 2. The Bertz CT molecular complexity index is 633. The molecule has 0 bridgehead atoms. The van der Waals surface area contributed by atoms with Gasteiger partial charge in [-0.1, -0.05) is 17.3 Å². The fourth-order valence-corrected chi connectivity index (χ4v) is 1.57. The zero-order valence-electron chi connectivity index (χ0n) is 11.2. The lowest BCUT2D eigenvalue weighted by molar-refractivity contribution is -0.137. The summed E-state index contributed by atoms with van der Waals surface area (Å²) < 4.78 is 42.1. The molecule has 1 aromatic heterocycles. The van der Waals surface area contributed by atoms with Gasteiger partial charge in [0.15, 0.2) is 0 Å². The van der Waals surface area contributed by atoms with Gasteiger partial charge in [-0.15, -0.1) is 0 Å². The van der Waals surface area contributed by atoms with Crippen LogP contribution in [0, 0.1) is 0 Å². The largest absolute Gasteiger partial charge is 0.416 e. The van der Waals surface area contributed by atoms with Crippen molar-refractivity contribution in [3.8, 4) is 11.4 Å². The smallest absolute Gasteiger partial charge is 0.346 e. The first-order valence-electron chi connectivity index (χ1n) is 6.09. The summed E-state index contributed by atoms with van der Waals surface area (Å²) in [5.41, 5.74) is -0.442. The monoisotopic (exact) mass is 299 g/mol. The molecule has 0 spiro atoms. The predicted molar refractivity (Wildman–Crippen MR) is 67.3 cm³/mol. The van der Waals surface area contributed by atoms with E-state index >= 15 is 0 Å². The first-order chi connectivity index (χ1) is 9.77. The van der Waals surface area contributed by atoms with Crippen molar-refractivity contribution in [1.82, 2.24) is 15.5 Å². The van der Waals surface area contributed by atoms with Crippen LogP contribution in [0.25, 0.3) is 11.4 Å². The van der Waals surface area contributed by atoms with Crippen LogP contribution in [-0.2, 0) is 6.18 Å². The Labute approximate surface area is 118 Å². The minimum Gasteiger partial charge on any atom is -0.346 e. The molecule has 1 aromatic carbocycles. The lowest BCUT2D eigenvalue weighted by Crippen LogP contribution is -2.30. The van der Waals surface area contributed by atoms with Crippen molar-refractivity contribution in [2.45, 2.75) is 26.1 Å². The van der Waals surface area contributed by atoms with Crippen molar-refractivity contribution < 1.29 is 22.5 Å². The quantitative estimate of drug-likeness (QED) is 0.946. The molecular formula is C13H12F3N3O2. The molecule has 0 radical (unpaired) electrons. The highest BCUT2D eigenvalue weighted by molar-refractivity contribution is 5.90. The van der Waals surface area contributed by atoms with E-state index in [1.165, 1.54) is 12.1 Å². The summed E-state index contributed by atoms with van der Waals surface area (Å²) in [6, 6.07) is 4.17. The van der Waals surface area contributed by atoms with Crippen molar-refractivity contribution in [3.63, 3.8) is 0 Å². The standard InChI is InChI=1S/C13H12F3N3O2/c1-7(2)17-11(20)12-18-10(19-21-12)8-3-5-9(6-4-8)13(14,15)16/h3-7H,1-2H3,(H,17,20). The number of hydrogen-bond donors (Lipinski definition) is 1. The van der Waals surface area contributed by atoms with Crippen molar-refractivity contribution in [3.05, 3.63) is 35.7 Å². The molecule has 2 rings (SSSR count). The van der Waals surface area contributed by atoms with Crippen molar-refractivity contribution in [1.29, 1.82) is 0 Å². The van der Waals surface area contributed by atoms with Crippen LogP contribution < -0.4 is 5.32 Å². The highest BCUT2D eigenvalue weighted by atomic mass is 19.4. The van der Waals surface area contributed by atoms with Gasteiger partial charge in [0.25, 0.3) is 0 Å². The zero-order valence-corrected chi connectivity index (χ0v) is 11.2. The number of nitrogens with one attached hydrogen (secondary N) is 1. The molecule has 0 saturated heterocycles. The molecule has 0 fully saturated rings. The predicted octanol–water partition coefficient (Wildman–Crippen LogP) is 2.89. The van der Waals surface area contributed by atoms with Crippen LogP contribution in [-0.4, -0.2) is 22.1 Å². The van der Waals surface area contributed by atoms with Crippen LogP contribution in [0.5, 0.6) is 0 Å². The first-order valence-corrected chi connectivity index (χ1v) is 6.09. The molecule has 21 heavy (non-hydrogen) atoms. The molecule has 0 atom stereocenters. The number of carbonyl (C=O) groups excluding carboxylic acids is 1. The van der Waals surface area contributed by atoms with Crippen LogP contribution in [0.15, 0.2) is 28.8 Å². The number of halogens is 3. The van der Waals surface area contributed by atoms with Gasteiger partial charge in [-0.25, -0.2) is 0 Å². The average Bonchev–Trinajstić information content (AvgIpc) is 2.86. The molecule has 0 unspecified atom stereocenters. The van der Waals surface area contributed by atoms with Gasteiger partial charge in [-0.05, 0) is 26.0 Å². The Morgan fingerprint density at radius 3 is 2.38 bits per heavy atom. The maximum Gasteiger partial charge on any atom is 0.416 e. The summed E-state index contributed by atoms with van der Waals surface area (Å²) >= 11 is 0. The molecule has 0 aliphatic rings. The van der Waals surface area contributed by atoms with Crippen LogP contribution >= 0.6 is 0 Å². The Hall–Kier alpha value is -2.38. The second-order valence-electron chi connectivity index (χ2n) is 4.63. The van der Waals surface area contributed by atoms with Crippen LogP contribution in [0.3, 0.4) is 0 Å². The number of carbonyl (C=O) groups is 1. The minimum atomic E-state index is -4.40. The van der Waals surface area contributed by atoms with E-state index in [1.54, 1.807) is 13.8 Å². The van der Waals surface area contributed by atoms with Crippen LogP contribution in [0.4, 0.5) is 13.2 Å². The van der Waals surface area contributed by atoms with E-state index in [2.05, 4.69) is 15.5 Å². The zero-order chi connectivity index (χ0) is 15.6. The van der Waals surface area contributed by atoms with Crippen LogP contribution in [0.2, 0.25) is 0 Å². The summed E-state index contributed by atoms with van der Waals surface area (Å²) in [7, 11) is 0. The van der Waals surface area contributed by atoms with Gasteiger partial charge in [0, 0.05) is 11.6 Å². The van der Waals surface area contributed by atoms with Crippen molar-refractivity contribution in [2.75, 3.05) is 0 Å². The Kier molecular flexibility index (Phi) is 3.97. The number of rotatable bonds is 3. The highest BCUT2D eigenvalue weighted by Gasteiger charge is 2.30. The third-order valence-corrected chi connectivity index (χ3v) is 2.51. The fraction of sp³-hybridized carbons (Fsp3) is 0.308. The van der Waals surface area contributed by atoms with Gasteiger partial charge in [-0.2, -0.15) is 18.2 Å². The lowest BCUT2D eigenvalue weighted by atomic mass is 10.1. The molecule has 1 N–H and O–H groups in total. The number of benzene rings is 1. The van der Waals surface area contributed by atoms with Gasteiger partial charge in [0.2, 0.25) is 5.82 Å². The molecule has 1 heterocycles. The molecule has 0 aliphatic heterocycles. The first kappa shape index (κ1) is 15.0. The van der Waals surface area contributed by atoms with Crippen molar-refractivity contribution in [2.24, 2.45) is 0 Å². The van der Waals surface area contributed by atoms with Gasteiger partial charge in [0.1, 0.15) is 0 Å². The molecule has 5 nitrogen and oxygen atoms in total. The van der Waals surface area contributed by atoms with E-state index in [0.717, 1.165) is 12.1 Å². The van der Waals surface area contributed by atoms with Crippen LogP contribution in [0.1, 0.15) is 30.1 Å². The molecule has 2 aromatic rings. The summed E-state index contributed by atoms with van der Waals surface area (Å²) in [6.07, 6.45) is -4.40. The SMILES string of the molecule is CC(C)NC(=O)c1nc(-c2ccc(C(F)(F)F)cc2)no1. The Morgan fingerprint density at radius 2 is 1.86 bits per heavy atom. The maximum atomic E-state index is 12.5. The Balaban J connectivity index is 2.20. The molecule has 1 amide bonds. The van der Waals surface area contributed by atoms with Gasteiger partial charge in [-0.3, -0.25) is 4.79 Å². The van der Waals surface area contributed by atoms with E-state index in [0.29, 0.717) is 5.56 Å². The molecule has 112 valence electrons. The summed E-state index contributed by atoms with van der Waals surface area (Å²) in [4.78, 5) is 15.5. The fourth-order valence-electron chi connectivity index (χ4n) is 1.57. The van der Waals surface area contributed by atoms with Gasteiger partial charge >= 0.3 is 18.0 Å². The third-order valence-electron chi connectivity index (χ3n) is 2.51. The summed E-state index contributed by atoms with van der Waals surface area (Å²) in [5.74, 6) is -0.716. The van der Waals surface area contributed by atoms with E-state index in [4.69, 9.17) is 4.52 Å².